The number of ether oxygens (including phenoxy) is 3. The summed E-state index contributed by atoms with van der Waals surface area (Å²) in [7, 11) is 1.62. The summed E-state index contributed by atoms with van der Waals surface area (Å²) in [4.78, 5) is 4.72. The normalized spacial score (nSPS) is 11.9. The Morgan fingerprint density at radius 2 is 1.67 bits per heavy atom. The highest BCUT2D eigenvalue weighted by atomic mass is 16.5. The number of methoxy groups -OCH3 is 1. The number of aliphatic imine (C=N–C) groups is 1. The Morgan fingerprint density at radius 1 is 0.933 bits per heavy atom. The molecule has 0 bridgehead atoms. The van der Waals surface area contributed by atoms with Crippen LogP contribution in [0.1, 0.15) is 25.0 Å². The van der Waals surface area contributed by atoms with Crippen LogP contribution in [0, 0.1) is 6.92 Å². The molecular formula is C26H27NO3. The Bertz CT molecular complexity index is 1040. The van der Waals surface area contributed by atoms with E-state index >= 15 is 0 Å². The van der Waals surface area contributed by atoms with E-state index in [1.807, 2.05) is 80.6 Å². The zero-order valence-corrected chi connectivity index (χ0v) is 17.9. The first-order chi connectivity index (χ1) is 14.6. The van der Waals surface area contributed by atoms with Crippen molar-refractivity contribution >= 4 is 11.6 Å². The molecule has 0 saturated carbocycles. The molecule has 4 heteroatoms. The first-order valence-electron chi connectivity index (χ1n) is 9.98. The van der Waals surface area contributed by atoms with Gasteiger partial charge in [0.1, 0.15) is 5.75 Å². The van der Waals surface area contributed by atoms with E-state index in [-0.39, 0.29) is 0 Å². The van der Waals surface area contributed by atoms with Gasteiger partial charge in [-0.1, -0.05) is 48.9 Å². The second kappa shape index (κ2) is 10.3. The van der Waals surface area contributed by atoms with E-state index in [1.54, 1.807) is 13.4 Å². The molecule has 3 aromatic carbocycles. The molecular weight excluding hydrogens is 374 g/mol. The summed E-state index contributed by atoms with van der Waals surface area (Å²) in [6, 6.07) is 23.5. The fraction of sp³-hybridized carbons (Fsp3) is 0.192. The maximum atomic E-state index is 6.17. The van der Waals surface area contributed by atoms with Crippen LogP contribution in [0.15, 0.2) is 89.6 Å². The summed E-state index contributed by atoms with van der Waals surface area (Å²) in [5.41, 5.74) is 3.95. The largest absolute Gasteiger partial charge is 0.493 e. The van der Waals surface area contributed by atoms with E-state index in [2.05, 4.69) is 13.0 Å². The molecule has 30 heavy (non-hydrogen) atoms. The van der Waals surface area contributed by atoms with Gasteiger partial charge in [-0.25, -0.2) is 4.99 Å². The highest BCUT2D eigenvalue weighted by molar-refractivity contribution is 5.96. The number of benzene rings is 3. The Kier molecular flexibility index (Phi) is 7.28. The van der Waals surface area contributed by atoms with Crippen molar-refractivity contribution in [1.82, 2.24) is 0 Å². The van der Waals surface area contributed by atoms with Gasteiger partial charge in [0.2, 0.25) is 5.90 Å². The lowest BCUT2D eigenvalue weighted by Gasteiger charge is -2.12. The highest BCUT2D eigenvalue weighted by Gasteiger charge is 2.09. The summed E-state index contributed by atoms with van der Waals surface area (Å²) in [5.74, 6) is 2.50. The van der Waals surface area contributed by atoms with E-state index in [4.69, 9.17) is 19.2 Å². The van der Waals surface area contributed by atoms with Crippen molar-refractivity contribution in [2.24, 2.45) is 4.99 Å². The fourth-order valence-electron chi connectivity index (χ4n) is 2.79. The lowest BCUT2D eigenvalue weighted by molar-refractivity contribution is 0.377. The number of hydrogen-bond acceptors (Lipinski definition) is 4. The van der Waals surface area contributed by atoms with Gasteiger partial charge in [0.25, 0.3) is 0 Å². The minimum absolute atomic E-state index is 0.474. The van der Waals surface area contributed by atoms with Crippen LogP contribution >= 0.6 is 0 Å². The molecule has 4 nitrogen and oxygen atoms in total. The summed E-state index contributed by atoms with van der Waals surface area (Å²) < 4.78 is 17.4. The molecule has 0 amide bonds. The van der Waals surface area contributed by atoms with Crippen molar-refractivity contribution in [3.8, 4) is 17.2 Å². The van der Waals surface area contributed by atoms with Gasteiger partial charge in [0.05, 0.1) is 19.1 Å². The summed E-state index contributed by atoms with van der Waals surface area (Å²) in [6.45, 7) is 6.08. The second-order valence-corrected chi connectivity index (χ2v) is 6.93. The van der Waals surface area contributed by atoms with Gasteiger partial charge < -0.3 is 14.2 Å². The van der Waals surface area contributed by atoms with E-state index in [0.717, 1.165) is 23.4 Å². The third-order valence-corrected chi connectivity index (χ3v) is 4.55. The molecule has 0 heterocycles. The van der Waals surface area contributed by atoms with Gasteiger partial charge in [-0.2, -0.15) is 0 Å². The van der Waals surface area contributed by atoms with Crippen LogP contribution in [0.4, 0.5) is 5.69 Å². The van der Waals surface area contributed by atoms with Crippen LogP contribution < -0.4 is 14.2 Å². The topological polar surface area (TPSA) is 40.0 Å². The van der Waals surface area contributed by atoms with Crippen LogP contribution in [-0.4, -0.2) is 13.0 Å². The third-order valence-electron chi connectivity index (χ3n) is 4.55. The minimum atomic E-state index is 0.474. The lowest BCUT2D eigenvalue weighted by atomic mass is 10.2. The maximum Gasteiger partial charge on any atom is 0.225 e. The van der Waals surface area contributed by atoms with Crippen LogP contribution in [0.5, 0.6) is 17.2 Å². The highest BCUT2D eigenvalue weighted by Crippen LogP contribution is 2.26. The van der Waals surface area contributed by atoms with Crippen molar-refractivity contribution < 1.29 is 14.2 Å². The third kappa shape index (κ3) is 5.74. The molecule has 0 fully saturated rings. The van der Waals surface area contributed by atoms with E-state index in [0.29, 0.717) is 17.4 Å². The quantitative estimate of drug-likeness (QED) is 0.252. The van der Waals surface area contributed by atoms with Gasteiger partial charge in [-0.3, -0.25) is 0 Å². The summed E-state index contributed by atoms with van der Waals surface area (Å²) in [5, 5.41) is 0. The number of hydrogen-bond donors (Lipinski definition) is 0. The van der Waals surface area contributed by atoms with Crippen LogP contribution in [0.25, 0.3) is 0 Å². The molecule has 0 saturated heterocycles. The van der Waals surface area contributed by atoms with Crippen molar-refractivity contribution in [3.05, 3.63) is 95.8 Å². The number of aryl methyl sites for hydroxylation is 2. The lowest BCUT2D eigenvalue weighted by Crippen LogP contribution is -2.11. The molecule has 0 radical (unpaired) electrons. The van der Waals surface area contributed by atoms with Gasteiger partial charge in [0, 0.05) is 5.57 Å². The molecule has 154 valence electrons. The predicted octanol–water partition coefficient (Wildman–Crippen LogP) is 6.66. The minimum Gasteiger partial charge on any atom is -0.493 e. The summed E-state index contributed by atoms with van der Waals surface area (Å²) >= 11 is 0. The summed E-state index contributed by atoms with van der Waals surface area (Å²) in [6.07, 6.45) is 2.57. The second-order valence-electron chi connectivity index (χ2n) is 6.93. The molecule has 0 spiro atoms. The van der Waals surface area contributed by atoms with E-state index < -0.39 is 0 Å². The number of para-hydroxylation sites is 2. The maximum absolute atomic E-state index is 6.17. The molecule has 0 aliphatic carbocycles. The van der Waals surface area contributed by atoms with Crippen molar-refractivity contribution in [2.75, 3.05) is 7.11 Å². The predicted molar refractivity (Wildman–Crippen MR) is 122 cm³/mol. The van der Waals surface area contributed by atoms with Crippen LogP contribution in [-0.2, 0) is 6.42 Å². The number of rotatable bonds is 7. The van der Waals surface area contributed by atoms with Gasteiger partial charge in [0.15, 0.2) is 11.5 Å². The van der Waals surface area contributed by atoms with Crippen molar-refractivity contribution in [1.29, 1.82) is 0 Å². The average molecular weight is 402 g/mol. The average Bonchev–Trinajstić information content (AvgIpc) is 2.78. The van der Waals surface area contributed by atoms with E-state index in [1.165, 1.54) is 11.1 Å². The Labute approximate surface area is 178 Å². The molecule has 0 aliphatic rings. The Balaban J connectivity index is 1.91. The smallest absolute Gasteiger partial charge is 0.225 e. The molecule has 0 unspecified atom stereocenters. The fourth-order valence-corrected chi connectivity index (χ4v) is 2.79. The van der Waals surface area contributed by atoms with Crippen LogP contribution in [0.2, 0.25) is 0 Å². The SMILES string of the molecule is CCc1cccc(OC(=Nc2ccc(C)cc2)/C(C)=C/Oc2ccccc2OC)c1. The zero-order valence-electron chi connectivity index (χ0n) is 17.9. The van der Waals surface area contributed by atoms with Crippen molar-refractivity contribution in [3.63, 3.8) is 0 Å². The van der Waals surface area contributed by atoms with Gasteiger partial charge in [-0.05, 0) is 62.2 Å². The standard InChI is InChI=1S/C26H27NO3/c1-5-21-9-8-10-23(17-21)30-26(27-22-15-13-19(2)14-16-22)20(3)18-29-25-12-7-6-11-24(25)28-4/h6-18H,5H2,1-4H3/b20-18+,27-26?. The first-order valence-corrected chi connectivity index (χ1v) is 9.98. The molecule has 0 aliphatic heterocycles. The Hall–Kier alpha value is -3.53. The van der Waals surface area contributed by atoms with Crippen molar-refractivity contribution in [2.45, 2.75) is 27.2 Å². The molecule has 0 aromatic heterocycles. The van der Waals surface area contributed by atoms with Gasteiger partial charge >= 0.3 is 0 Å². The molecule has 0 N–H and O–H groups in total. The molecule has 3 rings (SSSR count). The number of nitrogens with zero attached hydrogens (tertiary/aromatic N) is 1. The zero-order chi connectivity index (χ0) is 21.3. The molecule has 0 atom stereocenters. The van der Waals surface area contributed by atoms with E-state index in [9.17, 15) is 0 Å². The van der Waals surface area contributed by atoms with Crippen LogP contribution in [0.3, 0.4) is 0 Å². The van der Waals surface area contributed by atoms with Gasteiger partial charge in [-0.15, -0.1) is 0 Å². The Morgan fingerprint density at radius 3 is 2.37 bits per heavy atom. The monoisotopic (exact) mass is 401 g/mol. The molecule has 3 aromatic rings. The first kappa shape index (κ1) is 21.2.